The van der Waals surface area contributed by atoms with E-state index >= 15 is 0 Å². The first-order chi connectivity index (χ1) is 9.24. The minimum Gasteiger partial charge on any atom is -0.493 e. The summed E-state index contributed by atoms with van der Waals surface area (Å²) in [6.07, 6.45) is 0.718. The average Bonchev–Trinajstić information content (AvgIpc) is 2.48. The van der Waals surface area contributed by atoms with Gasteiger partial charge in [0, 0.05) is 5.56 Å². The number of rotatable bonds is 4. The predicted molar refractivity (Wildman–Crippen MR) is 69.8 cm³/mol. The number of para-hydroxylation sites is 2. The minimum atomic E-state index is -0.498. The van der Waals surface area contributed by atoms with Gasteiger partial charge in [-0.3, -0.25) is 4.79 Å². The molecule has 0 saturated heterocycles. The van der Waals surface area contributed by atoms with E-state index in [2.05, 4.69) is 0 Å². The van der Waals surface area contributed by atoms with Crippen LogP contribution in [0.5, 0.6) is 11.5 Å². The van der Waals surface area contributed by atoms with Crippen LogP contribution in [0.1, 0.15) is 20.7 Å². The Labute approximate surface area is 110 Å². The summed E-state index contributed by atoms with van der Waals surface area (Å²) in [4.78, 5) is 22.4. The van der Waals surface area contributed by atoms with Gasteiger partial charge in [0.05, 0.1) is 12.7 Å². The topological polar surface area (TPSA) is 52.6 Å². The zero-order chi connectivity index (χ0) is 13.7. The smallest absolute Gasteiger partial charge is 0.343 e. The zero-order valence-corrected chi connectivity index (χ0v) is 10.3. The molecule has 2 aromatic carbocycles. The highest BCUT2D eigenvalue weighted by Crippen LogP contribution is 2.26. The highest BCUT2D eigenvalue weighted by atomic mass is 16.6. The number of methoxy groups -OCH3 is 1. The van der Waals surface area contributed by atoms with Gasteiger partial charge in [0.15, 0.2) is 11.5 Å². The summed E-state index contributed by atoms with van der Waals surface area (Å²) in [6.45, 7) is 0. The first-order valence-corrected chi connectivity index (χ1v) is 5.65. The fraction of sp³-hybridized carbons (Fsp3) is 0.0667. The molecule has 0 amide bonds. The van der Waals surface area contributed by atoms with Crippen molar-refractivity contribution in [1.29, 1.82) is 0 Å². The van der Waals surface area contributed by atoms with Gasteiger partial charge in [-0.15, -0.1) is 0 Å². The predicted octanol–water partition coefficient (Wildman–Crippen LogP) is 2.73. The Balaban J connectivity index is 2.18. The minimum absolute atomic E-state index is 0.356. The molecule has 2 rings (SSSR count). The van der Waals surface area contributed by atoms with Gasteiger partial charge in [0.2, 0.25) is 0 Å². The van der Waals surface area contributed by atoms with Crippen molar-refractivity contribution in [2.45, 2.75) is 0 Å². The molecule has 0 aliphatic rings. The third-order valence-electron chi connectivity index (χ3n) is 2.55. The van der Waals surface area contributed by atoms with Crippen LogP contribution in [0.2, 0.25) is 0 Å². The SMILES string of the molecule is COc1ccccc1OC(=O)c1ccc(C=O)cc1. The van der Waals surface area contributed by atoms with Gasteiger partial charge in [-0.05, 0) is 24.3 Å². The largest absolute Gasteiger partial charge is 0.493 e. The van der Waals surface area contributed by atoms with Crippen molar-refractivity contribution in [3.8, 4) is 11.5 Å². The Morgan fingerprint density at radius 2 is 1.63 bits per heavy atom. The van der Waals surface area contributed by atoms with Crippen LogP contribution < -0.4 is 9.47 Å². The Hall–Kier alpha value is -2.62. The maximum Gasteiger partial charge on any atom is 0.343 e. The lowest BCUT2D eigenvalue weighted by atomic mass is 10.1. The lowest BCUT2D eigenvalue weighted by Crippen LogP contribution is -2.09. The molecule has 0 aliphatic heterocycles. The van der Waals surface area contributed by atoms with E-state index in [9.17, 15) is 9.59 Å². The van der Waals surface area contributed by atoms with Crippen LogP contribution in [0.15, 0.2) is 48.5 Å². The third kappa shape index (κ3) is 2.98. The Kier molecular flexibility index (Phi) is 3.93. The summed E-state index contributed by atoms with van der Waals surface area (Å²) < 4.78 is 10.3. The molecule has 0 aliphatic carbocycles. The first kappa shape index (κ1) is 12.8. The number of benzene rings is 2. The third-order valence-corrected chi connectivity index (χ3v) is 2.55. The molecule has 4 heteroatoms. The fourth-order valence-electron chi connectivity index (χ4n) is 1.56. The quantitative estimate of drug-likeness (QED) is 0.479. The van der Waals surface area contributed by atoms with E-state index in [1.807, 2.05) is 0 Å². The van der Waals surface area contributed by atoms with Crippen molar-refractivity contribution in [3.05, 3.63) is 59.7 Å². The number of hydrogen-bond donors (Lipinski definition) is 0. The van der Waals surface area contributed by atoms with Gasteiger partial charge in [-0.1, -0.05) is 24.3 Å². The van der Waals surface area contributed by atoms with E-state index in [1.54, 1.807) is 48.5 Å². The van der Waals surface area contributed by atoms with Crippen LogP contribution in [0, 0.1) is 0 Å². The van der Waals surface area contributed by atoms with E-state index in [0.717, 1.165) is 6.29 Å². The molecule has 0 spiro atoms. The molecule has 4 nitrogen and oxygen atoms in total. The molecule has 0 fully saturated rings. The second kappa shape index (κ2) is 5.82. The number of ether oxygens (including phenoxy) is 2. The molecule has 0 N–H and O–H groups in total. The van der Waals surface area contributed by atoms with Crippen LogP contribution in [-0.2, 0) is 0 Å². The molecule has 96 valence electrons. The van der Waals surface area contributed by atoms with Crippen LogP contribution in [0.25, 0.3) is 0 Å². The van der Waals surface area contributed by atoms with E-state index in [-0.39, 0.29) is 0 Å². The highest BCUT2D eigenvalue weighted by Gasteiger charge is 2.11. The van der Waals surface area contributed by atoms with E-state index < -0.39 is 5.97 Å². The van der Waals surface area contributed by atoms with Crippen LogP contribution in [-0.4, -0.2) is 19.4 Å². The molecule has 0 heterocycles. The molecular weight excluding hydrogens is 244 g/mol. The Bertz CT molecular complexity index is 587. The van der Waals surface area contributed by atoms with Crippen LogP contribution >= 0.6 is 0 Å². The maximum absolute atomic E-state index is 11.9. The van der Waals surface area contributed by atoms with Gasteiger partial charge in [0.25, 0.3) is 0 Å². The van der Waals surface area contributed by atoms with Crippen molar-refractivity contribution >= 4 is 12.3 Å². The number of esters is 1. The molecule has 0 atom stereocenters. The number of aldehydes is 1. The molecule has 0 radical (unpaired) electrons. The second-order valence-electron chi connectivity index (χ2n) is 3.78. The molecule has 0 bridgehead atoms. The standard InChI is InChI=1S/C15H12O4/c1-18-13-4-2-3-5-14(13)19-15(17)12-8-6-11(10-16)7-9-12/h2-10H,1H3. The van der Waals surface area contributed by atoms with Gasteiger partial charge < -0.3 is 9.47 Å². The van der Waals surface area contributed by atoms with Crippen LogP contribution in [0.3, 0.4) is 0 Å². The monoisotopic (exact) mass is 256 g/mol. The lowest BCUT2D eigenvalue weighted by molar-refractivity contribution is 0.0729. The lowest BCUT2D eigenvalue weighted by Gasteiger charge is -2.08. The van der Waals surface area contributed by atoms with Gasteiger partial charge in [-0.25, -0.2) is 4.79 Å². The Morgan fingerprint density at radius 1 is 1.00 bits per heavy atom. The van der Waals surface area contributed by atoms with Crippen molar-refractivity contribution in [2.24, 2.45) is 0 Å². The van der Waals surface area contributed by atoms with Gasteiger partial charge >= 0.3 is 5.97 Å². The molecule has 0 saturated carbocycles. The molecule has 19 heavy (non-hydrogen) atoms. The summed E-state index contributed by atoms with van der Waals surface area (Å²) in [6, 6.07) is 13.1. The Morgan fingerprint density at radius 3 is 2.21 bits per heavy atom. The molecule has 0 aromatic heterocycles. The second-order valence-corrected chi connectivity index (χ2v) is 3.78. The number of hydrogen-bond acceptors (Lipinski definition) is 4. The molecule has 0 unspecified atom stereocenters. The summed E-state index contributed by atoms with van der Waals surface area (Å²) in [5, 5.41) is 0. The summed E-state index contributed by atoms with van der Waals surface area (Å²) in [5.74, 6) is 0.344. The summed E-state index contributed by atoms with van der Waals surface area (Å²) >= 11 is 0. The number of carbonyl (C=O) groups is 2. The highest BCUT2D eigenvalue weighted by molar-refractivity contribution is 5.92. The van der Waals surface area contributed by atoms with Gasteiger partial charge in [0.1, 0.15) is 6.29 Å². The molecular formula is C15H12O4. The summed E-state index contributed by atoms with van der Waals surface area (Å²) in [7, 11) is 1.51. The van der Waals surface area contributed by atoms with Crippen molar-refractivity contribution in [3.63, 3.8) is 0 Å². The van der Waals surface area contributed by atoms with Crippen molar-refractivity contribution < 1.29 is 19.1 Å². The maximum atomic E-state index is 11.9. The normalized spacial score (nSPS) is 9.74. The van der Waals surface area contributed by atoms with Crippen molar-refractivity contribution in [2.75, 3.05) is 7.11 Å². The van der Waals surface area contributed by atoms with Crippen molar-refractivity contribution in [1.82, 2.24) is 0 Å². The van der Waals surface area contributed by atoms with E-state index in [0.29, 0.717) is 22.6 Å². The fourth-order valence-corrected chi connectivity index (χ4v) is 1.56. The van der Waals surface area contributed by atoms with Gasteiger partial charge in [-0.2, -0.15) is 0 Å². The summed E-state index contributed by atoms with van der Waals surface area (Å²) in [5.41, 5.74) is 0.880. The van der Waals surface area contributed by atoms with Crippen LogP contribution in [0.4, 0.5) is 0 Å². The molecule has 2 aromatic rings. The zero-order valence-electron chi connectivity index (χ0n) is 10.3. The number of carbonyl (C=O) groups excluding carboxylic acids is 2. The first-order valence-electron chi connectivity index (χ1n) is 5.65. The van der Waals surface area contributed by atoms with E-state index in [4.69, 9.17) is 9.47 Å². The van der Waals surface area contributed by atoms with E-state index in [1.165, 1.54) is 7.11 Å². The average molecular weight is 256 g/mol.